The molecular weight excluding hydrogens is 280 g/mol. The van der Waals surface area contributed by atoms with E-state index in [0.29, 0.717) is 5.25 Å². The molecule has 1 saturated heterocycles. The van der Waals surface area contributed by atoms with Gasteiger partial charge in [-0.1, -0.05) is 27.2 Å². The van der Waals surface area contributed by atoms with Gasteiger partial charge < -0.3 is 5.32 Å². The Kier molecular flexibility index (Phi) is 4.11. The Bertz CT molecular complexity index is 608. The zero-order valence-corrected chi connectivity index (χ0v) is 13.9. The predicted molar refractivity (Wildman–Crippen MR) is 90.3 cm³/mol. The number of thioether (sulfide) groups is 1. The molecule has 3 heterocycles. The molecule has 5 heteroatoms. The van der Waals surface area contributed by atoms with Crippen LogP contribution < -0.4 is 5.32 Å². The normalized spacial score (nSPS) is 19.9. The maximum atomic E-state index is 4.67. The SMILES string of the molecule is CC(C)(C)c1cc2c(NCC3CCCCS3)nccn2n1. The summed E-state index contributed by atoms with van der Waals surface area (Å²) in [5.74, 6) is 2.25. The Morgan fingerprint density at radius 3 is 2.95 bits per heavy atom. The second-order valence-corrected chi connectivity index (χ2v) is 8.16. The lowest BCUT2D eigenvalue weighted by molar-refractivity contribution is 0.562. The van der Waals surface area contributed by atoms with Crippen LogP contribution in [-0.4, -0.2) is 32.1 Å². The van der Waals surface area contributed by atoms with Gasteiger partial charge in [-0.25, -0.2) is 9.50 Å². The van der Waals surface area contributed by atoms with Gasteiger partial charge in [0.25, 0.3) is 0 Å². The van der Waals surface area contributed by atoms with Gasteiger partial charge in [0.15, 0.2) is 5.82 Å². The monoisotopic (exact) mass is 304 g/mol. The Morgan fingerprint density at radius 1 is 1.38 bits per heavy atom. The molecule has 21 heavy (non-hydrogen) atoms. The Hall–Kier alpha value is -1.23. The van der Waals surface area contributed by atoms with Crippen LogP contribution in [0.3, 0.4) is 0 Å². The molecule has 1 N–H and O–H groups in total. The van der Waals surface area contributed by atoms with Crippen molar-refractivity contribution in [1.29, 1.82) is 0 Å². The van der Waals surface area contributed by atoms with Gasteiger partial charge in [-0.15, -0.1) is 0 Å². The second-order valence-electron chi connectivity index (χ2n) is 6.75. The molecule has 1 atom stereocenters. The lowest BCUT2D eigenvalue weighted by Crippen LogP contribution is -2.20. The van der Waals surface area contributed by atoms with Crippen molar-refractivity contribution < 1.29 is 0 Å². The molecule has 3 rings (SSSR count). The zero-order valence-electron chi connectivity index (χ0n) is 13.1. The van der Waals surface area contributed by atoms with Crippen LogP contribution in [0.2, 0.25) is 0 Å². The summed E-state index contributed by atoms with van der Waals surface area (Å²) >= 11 is 2.08. The van der Waals surface area contributed by atoms with Gasteiger partial charge in [-0.2, -0.15) is 16.9 Å². The predicted octanol–water partition coefficient (Wildman–Crippen LogP) is 3.72. The van der Waals surface area contributed by atoms with Crippen LogP contribution in [0.4, 0.5) is 5.82 Å². The molecule has 1 aliphatic heterocycles. The van der Waals surface area contributed by atoms with Crippen molar-refractivity contribution in [2.75, 3.05) is 17.6 Å². The van der Waals surface area contributed by atoms with Crippen molar-refractivity contribution in [3.8, 4) is 0 Å². The van der Waals surface area contributed by atoms with Crippen molar-refractivity contribution in [2.45, 2.75) is 50.7 Å². The zero-order chi connectivity index (χ0) is 14.9. The molecule has 114 valence electrons. The number of anilines is 1. The minimum atomic E-state index is 0.0580. The van der Waals surface area contributed by atoms with Crippen molar-refractivity contribution in [3.63, 3.8) is 0 Å². The molecule has 2 aromatic rings. The number of aromatic nitrogens is 3. The largest absolute Gasteiger partial charge is 0.367 e. The van der Waals surface area contributed by atoms with E-state index in [-0.39, 0.29) is 5.41 Å². The lowest BCUT2D eigenvalue weighted by atomic mass is 9.92. The quantitative estimate of drug-likeness (QED) is 0.938. The van der Waals surface area contributed by atoms with Crippen LogP contribution >= 0.6 is 11.8 Å². The minimum absolute atomic E-state index is 0.0580. The Balaban J connectivity index is 1.79. The molecule has 2 aromatic heterocycles. The van der Waals surface area contributed by atoms with E-state index >= 15 is 0 Å². The minimum Gasteiger partial charge on any atom is -0.367 e. The average molecular weight is 304 g/mol. The van der Waals surface area contributed by atoms with Gasteiger partial charge in [-0.05, 0) is 24.7 Å². The third-order valence-corrected chi connectivity index (χ3v) is 5.33. The molecule has 1 fully saturated rings. The first-order valence-corrected chi connectivity index (χ1v) is 8.79. The molecule has 0 aromatic carbocycles. The Morgan fingerprint density at radius 2 is 2.24 bits per heavy atom. The fourth-order valence-corrected chi connectivity index (χ4v) is 3.84. The summed E-state index contributed by atoms with van der Waals surface area (Å²) in [6.45, 7) is 7.56. The highest BCUT2D eigenvalue weighted by atomic mass is 32.2. The first-order chi connectivity index (χ1) is 10.0. The summed E-state index contributed by atoms with van der Waals surface area (Å²) < 4.78 is 1.93. The topological polar surface area (TPSA) is 42.2 Å². The van der Waals surface area contributed by atoms with E-state index in [2.05, 4.69) is 54.0 Å². The molecule has 0 spiro atoms. The van der Waals surface area contributed by atoms with Crippen LogP contribution in [0.5, 0.6) is 0 Å². The third-order valence-electron chi connectivity index (χ3n) is 3.93. The van der Waals surface area contributed by atoms with E-state index in [9.17, 15) is 0 Å². The van der Waals surface area contributed by atoms with E-state index in [1.165, 1.54) is 25.0 Å². The summed E-state index contributed by atoms with van der Waals surface area (Å²) in [6.07, 6.45) is 7.78. The van der Waals surface area contributed by atoms with E-state index in [4.69, 9.17) is 0 Å². The van der Waals surface area contributed by atoms with Crippen LogP contribution in [0.25, 0.3) is 5.52 Å². The Labute approximate surface area is 130 Å². The van der Waals surface area contributed by atoms with E-state index in [1.54, 1.807) is 0 Å². The second kappa shape index (κ2) is 5.87. The van der Waals surface area contributed by atoms with Crippen LogP contribution in [0, 0.1) is 0 Å². The summed E-state index contributed by atoms with van der Waals surface area (Å²) in [6, 6.07) is 2.16. The third kappa shape index (κ3) is 3.34. The van der Waals surface area contributed by atoms with Crippen LogP contribution in [-0.2, 0) is 5.41 Å². The standard InChI is InChI=1S/C16H24N4S/c1-16(2,3)14-10-13-15(17-7-8-20(13)19-14)18-11-12-6-4-5-9-21-12/h7-8,10,12H,4-6,9,11H2,1-3H3,(H,17,18). The molecule has 0 saturated carbocycles. The van der Waals surface area contributed by atoms with Gasteiger partial charge in [-0.3, -0.25) is 0 Å². The van der Waals surface area contributed by atoms with Gasteiger partial charge >= 0.3 is 0 Å². The maximum Gasteiger partial charge on any atom is 0.152 e. The highest BCUT2D eigenvalue weighted by Gasteiger charge is 2.19. The first kappa shape index (κ1) is 14.7. The van der Waals surface area contributed by atoms with E-state index < -0.39 is 0 Å². The van der Waals surface area contributed by atoms with Gasteiger partial charge in [0.1, 0.15) is 5.52 Å². The number of hydrogen-bond acceptors (Lipinski definition) is 4. The highest BCUT2D eigenvalue weighted by Crippen LogP contribution is 2.27. The summed E-state index contributed by atoms with van der Waals surface area (Å²) in [5, 5.41) is 8.91. The van der Waals surface area contributed by atoms with Gasteiger partial charge in [0.05, 0.1) is 5.69 Å². The van der Waals surface area contributed by atoms with Crippen LogP contribution in [0.1, 0.15) is 45.7 Å². The first-order valence-electron chi connectivity index (χ1n) is 7.74. The molecule has 0 amide bonds. The fourth-order valence-electron chi connectivity index (χ4n) is 2.60. The number of fused-ring (bicyclic) bond motifs is 1. The lowest BCUT2D eigenvalue weighted by Gasteiger charge is -2.21. The smallest absolute Gasteiger partial charge is 0.152 e. The van der Waals surface area contributed by atoms with Gasteiger partial charge in [0.2, 0.25) is 0 Å². The number of hydrogen-bond donors (Lipinski definition) is 1. The number of rotatable bonds is 3. The van der Waals surface area contributed by atoms with Crippen molar-refractivity contribution in [1.82, 2.24) is 14.6 Å². The summed E-state index contributed by atoms with van der Waals surface area (Å²) in [7, 11) is 0. The molecule has 0 aliphatic carbocycles. The van der Waals surface area contributed by atoms with Crippen molar-refractivity contribution >= 4 is 23.1 Å². The number of nitrogens with one attached hydrogen (secondary N) is 1. The fraction of sp³-hybridized carbons (Fsp3) is 0.625. The molecular formula is C16H24N4S. The molecule has 4 nitrogen and oxygen atoms in total. The summed E-state index contributed by atoms with van der Waals surface area (Å²) in [4.78, 5) is 4.51. The van der Waals surface area contributed by atoms with E-state index in [1.807, 2.05) is 16.9 Å². The van der Waals surface area contributed by atoms with Crippen molar-refractivity contribution in [3.05, 3.63) is 24.2 Å². The average Bonchev–Trinajstić information content (AvgIpc) is 2.91. The number of nitrogens with zero attached hydrogens (tertiary/aromatic N) is 3. The van der Waals surface area contributed by atoms with Crippen LogP contribution in [0.15, 0.2) is 18.5 Å². The summed E-state index contributed by atoms with van der Waals surface area (Å²) in [5.41, 5.74) is 2.23. The highest BCUT2D eigenvalue weighted by molar-refractivity contribution is 7.99. The van der Waals surface area contributed by atoms with Gasteiger partial charge in [0, 0.05) is 29.6 Å². The van der Waals surface area contributed by atoms with Crippen molar-refractivity contribution in [2.24, 2.45) is 0 Å². The molecule has 0 bridgehead atoms. The maximum absolute atomic E-state index is 4.67. The molecule has 1 unspecified atom stereocenters. The van der Waals surface area contributed by atoms with E-state index in [0.717, 1.165) is 23.6 Å². The molecule has 1 aliphatic rings. The molecule has 0 radical (unpaired) electrons.